The van der Waals surface area contributed by atoms with Gasteiger partial charge in [0.05, 0.1) is 6.42 Å². The van der Waals surface area contributed by atoms with E-state index in [4.69, 9.17) is 9.84 Å². The third kappa shape index (κ3) is 2.86. The summed E-state index contributed by atoms with van der Waals surface area (Å²) in [5.74, 6) is 0.00494. The number of aliphatic carboxylic acids is 1. The van der Waals surface area contributed by atoms with Crippen molar-refractivity contribution in [2.45, 2.75) is 44.1 Å². The average molecular weight is 289 g/mol. The highest BCUT2D eigenvalue weighted by Gasteiger charge is 2.41. The van der Waals surface area contributed by atoms with Crippen LogP contribution >= 0.6 is 0 Å². The van der Waals surface area contributed by atoms with Crippen LogP contribution in [0.3, 0.4) is 0 Å². The van der Waals surface area contributed by atoms with Gasteiger partial charge in [0.1, 0.15) is 11.4 Å². The fraction of sp³-hybridized carbons (Fsp3) is 0.500. The van der Waals surface area contributed by atoms with Gasteiger partial charge in [0.15, 0.2) is 0 Å². The third-order valence-corrected chi connectivity index (χ3v) is 4.29. The molecule has 1 amide bonds. The number of amides is 1. The Hall–Kier alpha value is -2.04. The predicted molar refractivity (Wildman–Crippen MR) is 77.5 cm³/mol. The maximum Gasteiger partial charge on any atom is 0.307 e. The van der Waals surface area contributed by atoms with Crippen LogP contribution in [0.1, 0.15) is 38.5 Å². The van der Waals surface area contributed by atoms with Crippen molar-refractivity contribution in [2.24, 2.45) is 0 Å². The topological polar surface area (TPSA) is 66.8 Å². The first-order chi connectivity index (χ1) is 10.1. The summed E-state index contributed by atoms with van der Waals surface area (Å²) in [5, 5.41) is 8.98. The summed E-state index contributed by atoms with van der Waals surface area (Å²) >= 11 is 0. The number of ether oxygens (including phenoxy) is 1. The minimum atomic E-state index is -0.825. The molecule has 0 spiro atoms. The Morgan fingerprint density at radius 2 is 1.95 bits per heavy atom. The predicted octanol–water partition coefficient (Wildman–Crippen LogP) is 2.59. The van der Waals surface area contributed by atoms with Crippen LogP contribution in [0.2, 0.25) is 0 Å². The lowest BCUT2D eigenvalue weighted by molar-refractivity contribution is -0.144. The van der Waals surface area contributed by atoms with Crippen molar-refractivity contribution in [3.05, 3.63) is 24.3 Å². The molecule has 0 atom stereocenters. The van der Waals surface area contributed by atoms with Crippen LogP contribution in [0.15, 0.2) is 24.3 Å². The highest BCUT2D eigenvalue weighted by atomic mass is 16.5. The van der Waals surface area contributed by atoms with Crippen LogP contribution in [0.25, 0.3) is 0 Å². The maximum absolute atomic E-state index is 11.7. The van der Waals surface area contributed by atoms with E-state index in [1.165, 1.54) is 0 Å². The Bertz CT molecular complexity index is 548. The number of carbonyl (C=O) groups excluding carboxylic acids is 1. The van der Waals surface area contributed by atoms with Crippen molar-refractivity contribution < 1.29 is 19.4 Å². The molecule has 1 saturated carbocycles. The van der Waals surface area contributed by atoms with Crippen molar-refractivity contribution in [3.63, 3.8) is 0 Å². The lowest BCUT2D eigenvalue weighted by Gasteiger charge is -2.40. The van der Waals surface area contributed by atoms with Gasteiger partial charge in [-0.05, 0) is 49.9 Å². The highest BCUT2D eigenvalue weighted by molar-refractivity contribution is 5.95. The fourth-order valence-corrected chi connectivity index (χ4v) is 3.03. The summed E-state index contributed by atoms with van der Waals surface area (Å²) in [6, 6.07) is 7.38. The minimum absolute atomic E-state index is 0.0410. The van der Waals surface area contributed by atoms with Gasteiger partial charge in [-0.25, -0.2) is 0 Å². The van der Waals surface area contributed by atoms with Gasteiger partial charge >= 0.3 is 5.97 Å². The SMILES string of the molecule is O=C(O)CC1(Oc2ccc(N3CCCC3=O)cc2)CCC1. The molecule has 1 N–H and O–H groups in total. The van der Waals surface area contributed by atoms with Crippen LogP contribution in [0.4, 0.5) is 5.69 Å². The zero-order chi connectivity index (χ0) is 14.9. The van der Waals surface area contributed by atoms with Crippen LogP contribution in [-0.4, -0.2) is 29.1 Å². The van der Waals surface area contributed by atoms with Crippen LogP contribution in [0.5, 0.6) is 5.75 Å². The molecule has 0 radical (unpaired) electrons. The zero-order valence-electron chi connectivity index (χ0n) is 11.9. The van der Waals surface area contributed by atoms with Crippen LogP contribution in [0, 0.1) is 0 Å². The highest BCUT2D eigenvalue weighted by Crippen LogP contribution is 2.39. The van der Waals surface area contributed by atoms with E-state index in [1.54, 1.807) is 4.90 Å². The molecular weight excluding hydrogens is 270 g/mol. The molecule has 1 aliphatic heterocycles. The number of rotatable bonds is 5. The van der Waals surface area contributed by atoms with Gasteiger partial charge in [-0.15, -0.1) is 0 Å². The molecule has 21 heavy (non-hydrogen) atoms. The Labute approximate surface area is 123 Å². The molecule has 1 aliphatic carbocycles. The quantitative estimate of drug-likeness (QED) is 0.904. The molecule has 1 heterocycles. The molecule has 1 aromatic rings. The molecule has 2 fully saturated rings. The smallest absolute Gasteiger partial charge is 0.307 e. The van der Waals surface area contributed by atoms with Gasteiger partial charge in [-0.2, -0.15) is 0 Å². The summed E-state index contributed by atoms with van der Waals surface area (Å²) in [5.41, 5.74) is 0.335. The van der Waals surface area contributed by atoms with E-state index in [2.05, 4.69) is 0 Å². The average Bonchev–Trinajstić information content (AvgIpc) is 2.83. The summed E-state index contributed by atoms with van der Waals surface area (Å²) in [4.78, 5) is 24.4. The molecule has 112 valence electrons. The number of carboxylic acid groups (broad SMARTS) is 1. The van der Waals surface area contributed by atoms with Gasteiger partial charge in [-0.3, -0.25) is 9.59 Å². The second-order valence-corrected chi connectivity index (χ2v) is 5.85. The second kappa shape index (κ2) is 5.39. The molecule has 0 unspecified atom stereocenters. The summed E-state index contributed by atoms with van der Waals surface area (Å²) in [7, 11) is 0. The molecule has 1 saturated heterocycles. The van der Waals surface area contributed by atoms with Crippen LogP contribution < -0.4 is 9.64 Å². The summed E-state index contributed by atoms with van der Waals surface area (Å²) in [6.07, 6.45) is 4.13. The zero-order valence-corrected chi connectivity index (χ0v) is 11.9. The maximum atomic E-state index is 11.7. The number of anilines is 1. The van der Waals surface area contributed by atoms with Gasteiger partial charge < -0.3 is 14.7 Å². The van der Waals surface area contributed by atoms with E-state index in [1.807, 2.05) is 24.3 Å². The largest absolute Gasteiger partial charge is 0.487 e. The Morgan fingerprint density at radius 1 is 1.24 bits per heavy atom. The molecule has 5 nitrogen and oxygen atoms in total. The first-order valence-corrected chi connectivity index (χ1v) is 7.39. The van der Waals surface area contributed by atoms with Crippen LogP contribution in [-0.2, 0) is 9.59 Å². The van der Waals surface area contributed by atoms with E-state index in [-0.39, 0.29) is 12.3 Å². The van der Waals surface area contributed by atoms with Crippen molar-refractivity contribution >= 4 is 17.6 Å². The molecule has 5 heteroatoms. The van der Waals surface area contributed by atoms with Crippen molar-refractivity contribution in [1.29, 1.82) is 0 Å². The molecule has 0 bridgehead atoms. The molecule has 3 rings (SSSR count). The first kappa shape index (κ1) is 13.9. The Morgan fingerprint density at radius 3 is 2.43 bits per heavy atom. The summed E-state index contributed by atoms with van der Waals surface area (Å²) < 4.78 is 5.91. The minimum Gasteiger partial charge on any atom is -0.487 e. The van der Waals surface area contributed by atoms with Gasteiger partial charge in [-0.1, -0.05) is 0 Å². The molecule has 2 aliphatic rings. The number of hydrogen-bond donors (Lipinski definition) is 1. The van der Waals surface area contributed by atoms with Crippen molar-refractivity contribution in [3.8, 4) is 5.75 Å². The number of benzene rings is 1. The van der Waals surface area contributed by atoms with E-state index >= 15 is 0 Å². The van der Waals surface area contributed by atoms with E-state index < -0.39 is 11.6 Å². The lowest BCUT2D eigenvalue weighted by atomic mass is 9.77. The monoisotopic (exact) mass is 289 g/mol. The molecule has 1 aromatic carbocycles. The van der Waals surface area contributed by atoms with Gasteiger partial charge in [0.2, 0.25) is 5.91 Å². The van der Waals surface area contributed by atoms with E-state index in [9.17, 15) is 9.59 Å². The number of nitrogens with zero attached hydrogens (tertiary/aromatic N) is 1. The Balaban J connectivity index is 1.69. The number of carbonyl (C=O) groups is 2. The summed E-state index contributed by atoms with van der Waals surface area (Å²) in [6.45, 7) is 0.766. The molecule has 0 aromatic heterocycles. The van der Waals surface area contributed by atoms with Crippen molar-refractivity contribution in [1.82, 2.24) is 0 Å². The normalized spacial score (nSPS) is 20.2. The standard InChI is InChI=1S/C16H19NO4/c18-14-3-1-10-17(14)12-4-6-13(7-5-12)21-16(8-2-9-16)11-15(19)20/h4-7H,1-3,8-11H2,(H,19,20). The van der Waals surface area contributed by atoms with Crippen molar-refractivity contribution in [2.75, 3.05) is 11.4 Å². The third-order valence-electron chi connectivity index (χ3n) is 4.29. The Kier molecular flexibility index (Phi) is 3.57. The number of carboxylic acids is 1. The van der Waals surface area contributed by atoms with E-state index in [0.29, 0.717) is 12.2 Å². The fourth-order valence-electron chi connectivity index (χ4n) is 3.03. The second-order valence-electron chi connectivity index (χ2n) is 5.85. The van der Waals surface area contributed by atoms with E-state index in [0.717, 1.165) is 37.9 Å². The van der Waals surface area contributed by atoms with Gasteiger partial charge in [0, 0.05) is 18.7 Å². The lowest BCUT2D eigenvalue weighted by Crippen LogP contribution is -2.45. The van der Waals surface area contributed by atoms with Gasteiger partial charge in [0.25, 0.3) is 0 Å². The first-order valence-electron chi connectivity index (χ1n) is 7.39. The number of hydrogen-bond acceptors (Lipinski definition) is 3. The molecular formula is C16H19NO4.